The second-order valence-corrected chi connectivity index (χ2v) is 4.34. The van der Waals surface area contributed by atoms with Gasteiger partial charge in [0.05, 0.1) is 3.57 Å². The van der Waals surface area contributed by atoms with Gasteiger partial charge in [0.25, 0.3) is 5.89 Å². The van der Waals surface area contributed by atoms with Crippen LogP contribution in [0.5, 0.6) is 5.75 Å². The average molecular weight is 330 g/mol. The molecule has 5 heteroatoms. The van der Waals surface area contributed by atoms with Gasteiger partial charge in [-0.3, -0.25) is 0 Å². The molecule has 4 nitrogen and oxygen atoms in total. The van der Waals surface area contributed by atoms with Crippen molar-refractivity contribution in [3.63, 3.8) is 0 Å². The predicted molar refractivity (Wildman–Crippen MR) is 67.2 cm³/mol. The third-order valence-electron chi connectivity index (χ3n) is 2.01. The zero-order chi connectivity index (χ0) is 11.4. The van der Waals surface area contributed by atoms with Crippen LogP contribution in [-0.2, 0) is 13.0 Å². The first-order valence-electron chi connectivity index (χ1n) is 4.98. The van der Waals surface area contributed by atoms with Crippen LogP contribution in [0, 0.1) is 3.57 Å². The van der Waals surface area contributed by atoms with Gasteiger partial charge in [-0.2, -0.15) is 4.98 Å². The third-order valence-corrected chi connectivity index (χ3v) is 2.91. The molecule has 0 unspecified atom stereocenters. The van der Waals surface area contributed by atoms with Gasteiger partial charge in [-0.05, 0) is 34.7 Å². The summed E-state index contributed by atoms with van der Waals surface area (Å²) in [4.78, 5) is 4.17. The van der Waals surface area contributed by atoms with Crippen LogP contribution in [0.3, 0.4) is 0 Å². The van der Waals surface area contributed by atoms with Crippen molar-refractivity contribution in [1.82, 2.24) is 10.1 Å². The molecule has 0 N–H and O–H groups in total. The average Bonchev–Trinajstić information content (AvgIpc) is 2.76. The first-order chi connectivity index (χ1) is 7.79. The molecule has 1 aromatic heterocycles. The molecule has 0 saturated carbocycles. The van der Waals surface area contributed by atoms with Gasteiger partial charge in [-0.25, -0.2) is 0 Å². The Morgan fingerprint density at radius 2 is 2.19 bits per heavy atom. The number of nitrogens with zero attached hydrogens (tertiary/aromatic N) is 2. The maximum absolute atomic E-state index is 5.58. The van der Waals surface area contributed by atoms with E-state index in [1.165, 1.54) is 0 Å². The zero-order valence-corrected chi connectivity index (χ0v) is 11.0. The summed E-state index contributed by atoms with van der Waals surface area (Å²) in [5.74, 6) is 2.05. The fourth-order valence-corrected chi connectivity index (χ4v) is 1.74. The van der Waals surface area contributed by atoms with Crippen LogP contribution in [0.25, 0.3) is 0 Å². The van der Waals surface area contributed by atoms with Crippen molar-refractivity contribution in [2.45, 2.75) is 20.0 Å². The number of aromatic nitrogens is 2. The minimum atomic E-state index is 0.313. The number of para-hydroxylation sites is 1. The standard InChI is InChI=1S/C11H11IN2O2/c1-2-10-13-11(16-14-10)7-15-9-6-4-3-5-8(9)12/h3-6H,2,7H2,1H3. The second-order valence-electron chi connectivity index (χ2n) is 3.18. The first-order valence-corrected chi connectivity index (χ1v) is 6.06. The van der Waals surface area contributed by atoms with Gasteiger partial charge in [-0.15, -0.1) is 0 Å². The summed E-state index contributed by atoms with van der Waals surface area (Å²) in [5.41, 5.74) is 0. The van der Waals surface area contributed by atoms with E-state index in [1.807, 2.05) is 31.2 Å². The summed E-state index contributed by atoms with van der Waals surface area (Å²) in [6.07, 6.45) is 0.770. The fraction of sp³-hybridized carbons (Fsp3) is 0.273. The number of hydrogen-bond donors (Lipinski definition) is 0. The van der Waals surface area contributed by atoms with E-state index in [0.29, 0.717) is 18.3 Å². The fourth-order valence-electron chi connectivity index (χ4n) is 1.19. The van der Waals surface area contributed by atoms with E-state index in [4.69, 9.17) is 9.26 Å². The highest BCUT2D eigenvalue weighted by Crippen LogP contribution is 2.20. The molecule has 84 valence electrons. The van der Waals surface area contributed by atoms with Crippen molar-refractivity contribution in [2.75, 3.05) is 0 Å². The lowest BCUT2D eigenvalue weighted by Gasteiger charge is -2.04. The Balaban J connectivity index is 1.99. The normalized spacial score (nSPS) is 10.4. The Bertz CT molecular complexity index is 471. The van der Waals surface area contributed by atoms with Crippen molar-refractivity contribution in [2.24, 2.45) is 0 Å². The van der Waals surface area contributed by atoms with E-state index in [2.05, 4.69) is 32.7 Å². The second kappa shape index (κ2) is 5.29. The Hall–Kier alpha value is -1.11. The van der Waals surface area contributed by atoms with Crippen molar-refractivity contribution >= 4 is 22.6 Å². The van der Waals surface area contributed by atoms with Gasteiger partial charge in [0.1, 0.15) is 5.75 Å². The van der Waals surface area contributed by atoms with Crippen molar-refractivity contribution in [3.8, 4) is 5.75 Å². The monoisotopic (exact) mass is 330 g/mol. The summed E-state index contributed by atoms with van der Waals surface area (Å²) in [7, 11) is 0. The molecule has 0 bridgehead atoms. The van der Waals surface area contributed by atoms with Crippen LogP contribution in [0.1, 0.15) is 18.6 Å². The van der Waals surface area contributed by atoms with E-state index in [-0.39, 0.29) is 0 Å². The molecule has 0 aliphatic carbocycles. The van der Waals surface area contributed by atoms with E-state index in [0.717, 1.165) is 15.7 Å². The number of rotatable bonds is 4. The summed E-state index contributed by atoms with van der Waals surface area (Å²) >= 11 is 2.22. The molecule has 0 fully saturated rings. The van der Waals surface area contributed by atoms with Gasteiger partial charge in [0.2, 0.25) is 0 Å². The lowest BCUT2D eigenvalue weighted by atomic mass is 10.3. The largest absolute Gasteiger partial charge is 0.483 e. The maximum Gasteiger partial charge on any atom is 0.264 e. The molecule has 1 aromatic carbocycles. The van der Waals surface area contributed by atoms with Gasteiger partial charge < -0.3 is 9.26 Å². The van der Waals surface area contributed by atoms with Crippen LogP contribution >= 0.6 is 22.6 Å². The van der Waals surface area contributed by atoms with E-state index in [9.17, 15) is 0 Å². The number of benzene rings is 1. The molecule has 2 aromatic rings. The molecule has 0 aliphatic rings. The minimum absolute atomic E-state index is 0.313. The SMILES string of the molecule is CCc1noc(COc2ccccc2I)n1. The minimum Gasteiger partial charge on any atom is -0.483 e. The molecule has 0 radical (unpaired) electrons. The lowest BCUT2D eigenvalue weighted by molar-refractivity contribution is 0.241. The van der Waals surface area contributed by atoms with Gasteiger partial charge in [0.15, 0.2) is 12.4 Å². The Morgan fingerprint density at radius 3 is 2.88 bits per heavy atom. The topological polar surface area (TPSA) is 48.2 Å². The zero-order valence-electron chi connectivity index (χ0n) is 8.81. The Morgan fingerprint density at radius 1 is 1.38 bits per heavy atom. The van der Waals surface area contributed by atoms with E-state index >= 15 is 0 Å². The van der Waals surface area contributed by atoms with Crippen LogP contribution in [0.4, 0.5) is 0 Å². The van der Waals surface area contributed by atoms with Gasteiger partial charge in [-0.1, -0.05) is 24.2 Å². The molecule has 1 heterocycles. The van der Waals surface area contributed by atoms with Crippen molar-refractivity contribution < 1.29 is 9.26 Å². The number of hydrogen-bond acceptors (Lipinski definition) is 4. The molecule has 0 spiro atoms. The van der Waals surface area contributed by atoms with E-state index < -0.39 is 0 Å². The highest BCUT2D eigenvalue weighted by Gasteiger charge is 2.06. The van der Waals surface area contributed by atoms with Crippen molar-refractivity contribution in [1.29, 1.82) is 0 Å². The highest BCUT2D eigenvalue weighted by molar-refractivity contribution is 14.1. The molecular weight excluding hydrogens is 319 g/mol. The Kier molecular flexibility index (Phi) is 3.76. The molecule has 0 amide bonds. The smallest absolute Gasteiger partial charge is 0.264 e. The Labute approximate surface area is 107 Å². The van der Waals surface area contributed by atoms with Crippen molar-refractivity contribution in [3.05, 3.63) is 39.6 Å². The number of halogens is 1. The third kappa shape index (κ3) is 2.72. The summed E-state index contributed by atoms with van der Waals surface area (Å²) in [6.45, 7) is 2.29. The van der Waals surface area contributed by atoms with Gasteiger partial charge in [0, 0.05) is 6.42 Å². The van der Waals surface area contributed by atoms with Crippen LogP contribution in [0.2, 0.25) is 0 Å². The maximum atomic E-state index is 5.58. The first kappa shape index (κ1) is 11.4. The molecular formula is C11H11IN2O2. The molecule has 0 atom stereocenters. The summed E-state index contributed by atoms with van der Waals surface area (Å²) in [6, 6.07) is 7.80. The lowest BCUT2D eigenvalue weighted by Crippen LogP contribution is -1.97. The van der Waals surface area contributed by atoms with Gasteiger partial charge >= 0.3 is 0 Å². The number of aryl methyl sites for hydroxylation is 1. The molecule has 2 rings (SSSR count). The van der Waals surface area contributed by atoms with Crippen LogP contribution in [0.15, 0.2) is 28.8 Å². The number of ether oxygens (including phenoxy) is 1. The van der Waals surface area contributed by atoms with E-state index in [1.54, 1.807) is 0 Å². The molecule has 16 heavy (non-hydrogen) atoms. The predicted octanol–water partition coefficient (Wildman–Crippen LogP) is 2.82. The highest BCUT2D eigenvalue weighted by atomic mass is 127. The van der Waals surface area contributed by atoms with Crippen LogP contribution < -0.4 is 4.74 Å². The summed E-state index contributed by atoms with van der Waals surface area (Å²) in [5, 5.41) is 3.80. The molecule has 0 saturated heterocycles. The molecule has 0 aliphatic heterocycles. The summed E-state index contributed by atoms with van der Waals surface area (Å²) < 4.78 is 11.7. The quantitative estimate of drug-likeness (QED) is 0.809. The van der Waals surface area contributed by atoms with Crippen LogP contribution in [-0.4, -0.2) is 10.1 Å².